The Kier molecular flexibility index (Phi) is 4.41. The van der Waals surface area contributed by atoms with Gasteiger partial charge in [-0.25, -0.2) is 4.79 Å². The molecule has 1 aromatic heterocycles. The Hall–Kier alpha value is -2.28. The van der Waals surface area contributed by atoms with Gasteiger partial charge in [0, 0.05) is 12.3 Å². The van der Waals surface area contributed by atoms with Crippen LogP contribution in [-0.4, -0.2) is 21.5 Å². The minimum atomic E-state index is -0.455. The molecule has 0 saturated carbocycles. The van der Waals surface area contributed by atoms with Crippen LogP contribution in [0.3, 0.4) is 0 Å². The fourth-order valence-corrected chi connectivity index (χ4v) is 2.55. The third-order valence-electron chi connectivity index (χ3n) is 2.46. The third-order valence-corrected chi connectivity index (χ3v) is 3.51. The Morgan fingerprint density at radius 2 is 2.10 bits per heavy atom. The molecule has 2 rings (SSSR count). The Labute approximate surface area is 119 Å². The molecule has 0 bridgehead atoms. The predicted molar refractivity (Wildman–Crippen MR) is 74.7 cm³/mol. The van der Waals surface area contributed by atoms with Crippen molar-refractivity contribution >= 4 is 23.6 Å². The maximum atomic E-state index is 11.7. The lowest BCUT2D eigenvalue weighted by atomic mass is 10.3. The highest BCUT2D eigenvalue weighted by molar-refractivity contribution is 7.98. The molecule has 2 aromatic rings. The van der Waals surface area contributed by atoms with Crippen molar-refractivity contribution in [2.24, 2.45) is 0 Å². The number of nitrogens with zero attached hydrogens (tertiary/aromatic N) is 2. The van der Waals surface area contributed by atoms with Gasteiger partial charge < -0.3 is 4.74 Å². The van der Waals surface area contributed by atoms with E-state index in [1.54, 1.807) is 47.4 Å². The van der Waals surface area contributed by atoms with Crippen LogP contribution >= 0.6 is 11.9 Å². The van der Waals surface area contributed by atoms with Crippen LogP contribution < -0.4 is 0 Å². The zero-order valence-corrected chi connectivity index (χ0v) is 11.5. The van der Waals surface area contributed by atoms with E-state index in [-0.39, 0.29) is 12.3 Å². The molecule has 6 nitrogen and oxygen atoms in total. The van der Waals surface area contributed by atoms with E-state index in [1.807, 2.05) is 0 Å². The van der Waals surface area contributed by atoms with E-state index < -0.39 is 10.9 Å². The van der Waals surface area contributed by atoms with Crippen LogP contribution in [0.5, 0.6) is 0 Å². The summed E-state index contributed by atoms with van der Waals surface area (Å²) in [5, 5.41) is 11.0. The van der Waals surface area contributed by atoms with Crippen LogP contribution in [0, 0.1) is 10.1 Å². The fourth-order valence-electron chi connectivity index (χ4n) is 1.60. The summed E-state index contributed by atoms with van der Waals surface area (Å²) in [5.74, 6) is -0.455. The summed E-state index contributed by atoms with van der Waals surface area (Å²) in [5.41, 5.74) is 0.344. The summed E-state index contributed by atoms with van der Waals surface area (Å²) >= 11 is 1.10. The summed E-state index contributed by atoms with van der Waals surface area (Å²) in [7, 11) is 0. The standard InChI is InChI=1S/C13H12N2O4S/c1-2-19-13(16)11-7-5-9-14(11)20-12-8-4-3-6-10(12)15(17)18/h3-9H,2H2,1H3. The summed E-state index contributed by atoms with van der Waals surface area (Å²) in [4.78, 5) is 22.7. The van der Waals surface area contributed by atoms with Crippen LogP contribution in [-0.2, 0) is 4.74 Å². The first-order valence-corrected chi connectivity index (χ1v) is 6.67. The summed E-state index contributed by atoms with van der Waals surface area (Å²) in [6, 6.07) is 9.67. The van der Waals surface area contributed by atoms with Crippen LogP contribution in [0.15, 0.2) is 47.5 Å². The second-order valence-corrected chi connectivity index (χ2v) is 4.77. The van der Waals surface area contributed by atoms with Crippen molar-refractivity contribution in [3.63, 3.8) is 0 Å². The number of benzene rings is 1. The van der Waals surface area contributed by atoms with E-state index in [0.717, 1.165) is 11.9 Å². The number of nitro groups is 1. The Bertz CT molecular complexity index is 639. The van der Waals surface area contributed by atoms with E-state index in [2.05, 4.69) is 0 Å². The summed E-state index contributed by atoms with van der Waals surface area (Å²) in [6.07, 6.45) is 1.66. The van der Waals surface area contributed by atoms with Gasteiger partial charge >= 0.3 is 5.97 Å². The molecule has 0 amide bonds. The summed E-state index contributed by atoms with van der Waals surface area (Å²) in [6.45, 7) is 2.00. The van der Waals surface area contributed by atoms with Crippen LogP contribution in [0.25, 0.3) is 0 Å². The monoisotopic (exact) mass is 292 g/mol. The minimum Gasteiger partial charge on any atom is -0.461 e. The molecule has 0 radical (unpaired) electrons. The van der Waals surface area contributed by atoms with Crippen molar-refractivity contribution in [1.82, 2.24) is 3.97 Å². The molecule has 0 aliphatic heterocycles. The lowest BCUT2D eigenvalue weighted by molar-refractivity contribution is -0.387. The van der Waals surface area contributed by atoms with Gasteiger partial charge in [-0.1, -0.05) is 12.1 Å². The van der Waals surface area contributed by atoms with E-state index in [0.29, 0.717) is 10.6 Å². The van der Waals surface area contributed by atoms with Gasteiger partial charge in [-0.05, 0) is 37.1 Å². The molecule has 0 N–H and O–H groups in total. The molecule has 1 aromatic carbocycles. The number of esters is 1. The van der Waals surface area contributed by atoms with E-state index in [4.69, 9.17) is 4.74 Å². The Morgan fingerprint density at radius 3 is 2.80 bits per heavy atom. The molecular formula is C13H12N2O4S. The number of aromatic nitrogens is 1. The molecular weight excluding hydrogens is 280 g/mol. The lowest BCUT2D eigenvalue weighted by Gasteiger charge is -2.07. The average molecular weight is 292 g/mol. The van der Waals surface area contributed by atoms with Gasteiger partial charge in [0.1, 0.15) is 10.6 Å². The van der Waals surface area contributed by atoms with Crippen molar-refractivity contribution in [3.05, 3.63) is 58.4 Å². The Balaban J connectivity index is 2.30. The fraction of sp³-hybridized carbons (Fsp3) is 0.154. The number of hydrogen-bond acceptors (Lipinski definition) is 5. The second-order valence-electron chi connectivity index (χ2n) is 3.76. The van der Waals surface area contributed by atoms with Gasteiger partial charge in [0.05, 0.1) is 11.5 Å². The predicted octanol–water partition coefficient (Wildman–Crippen LogP) is 3.13. The van der Waals surface area contributed by atoms with Crippen molar-refractivity contribution in [2.75, 3.05) is 6.61 Å². The van der Waals surface area contributed by atoms with Gasteiger partial charge in [0.2, 0.25) is 0 Å². The number of rotatable bonds is 5. The molecule has 0 aliphatic carbocycles. The van der Waals surface area contributed by atoms with Crippen LogP contribution in [0.2, 0.25) is 0 Å². The molecule has 20 heavy (non-hydrogen) atoms. The molecule has 0 saturated heterocycles. The lowest BCUT2D eigenvalue weighted by Crippen LogP contribution is -2.08. The molecule has 7 heteroatoms. The topological polar surface area (TPSA) is 74.4 Å². The first-order chi connectivity index (χ1) is 9.63. The molecule has 104 valence electrons. The molecule has 0 fully saturated rings. The average Bonchev–Trinajstić information content (AvgIpc) is 2.87. The van der Waals surface area contributed by atoms with Gasteiger partial charge in [-0.2, -0.15) is 0 Å². The molecule has 0 atom stereocenters. The van der Waals surface area contributed by atoms with Crippen molar-refractivity contribution in [1.29, 1.82) is 0 Å². The Morgan fingerprint density at radius 1 is 1.35 bits per heavy atom. The first kappa shape index (κ1) is 14.1. The van der Waals surface area contributed by atoms with Gasteiger partial charge in [-0.15, -0.1) is 0 Å². The maximum Gasteiger partial charge on any atom is 0.355 e. The number of hydrogen-bond donors (Lipinski definition) is 0. The SMILES string of the molecule is CCOC(=O)c1cccn1Sc1ccccc1[N+](=O)[O-]. The zero-order chi connectivity index (χ0) is 14.5. The van der Waals surface area contributed by atoms with Crippen molar-refractivity contribution in [3.8, 4) is 0 Å². The highest BCUT2D eigenvalue weighted by atomic mass is 32.2. The highest BCUT2D eigenvalue weighted by Gasteiger charge is 2.17. The third kappa shape index (κ3) is 3.00. The normalized spacial score (nSPS) is 10.2. The quantitative estimate of drug-likeness (QED) is 0.481. The van der Waals surface area contributed by atoms with Gasteiger partial charge in [-0.3, -0.25) is 14.1 Å². The van der Waals surface area contributed by atoms with Crippen molar-refractivity contribution < 1.29 is 14.5 Å². The minimum absolute atomic E-state index is 0.000934. The van der Waals surface area contributed by atoms with E-state index in [1.165, 1.54) is 6.07 Å². The van der Waals surface area contributed by atoms with E-state index in [9.17, 15) is 14.9 Å². The van der Waals surface area contributed by atoms with Crippen LogP contribution in [0.4, 0.5) is 5.69 Å². The number of para-hydroxylation sites is 1. The second kappa shape index (κ2) is 6.25. The largest absolute Gasteiger partial charge is 0.461 e. The van der Waals surface area contributed by atoms with E-state index >= 15 is 0 Å². The number of nitro benzene ring substituents is 1. The molecule has 1 heterocycles. The number of carbonyl (C=O) groups excluding carboxylic acids is 1. The zero-order valence-electron chi connectivity index (χ0n) is 10.7. The molecule has 0 spiro atoms. The first-order valence-electron chi connectivity index (χ1n) is 5.89. The van der Waals surface area contributed by atoms with Gasteiger partial charge in [0.15, 0.2) is 0 Å². The maximum absolute atomic E-state index is 11.7. The number of ether oxygens (including phenoxy) is 1. The smallest absolute Gasteiger partial charge is 0.355 e. The molecule has 0 unspecified atom stereocenters. The van der Waals surface area contributed by atoms with Gasteiger partial charge in [0.25, 0.3) is 5.69 Å². The van der Waals surface area contributed by atoms with Crippen molar-refractivity contribution in [2.45, 2.75) is 11.8 Å². The summed E-state index contributed by atoms with van der Waals surface area (Å²) < 4.78 is 6.49. The highest BCUT2D eigenvalue weighted by Crippen LogP contribution is 2.31. The number of carbonyl (C=O) groups is 1. The molecule has 0 aliphatic rings. The van der Waals surface area contributed by atoms with Crippen LogP contribution in [0.1, 0.15) is 17.4 Å².